The van der Waals surface area contributed by atoms with Gasteiger partial charge in [-0.05, 0) is 6.42 Å². The molecule has 0 saturated carbocycles. The Labute approximate surface area is 75.3 Å². The Morgan fingerprint density at radius 3 is 2.77 bits per heavy atom. The SMILES string of the molecule is CCC(N)(NNC=NNN)C(=O)O. The summed E-state index contributed by atoms with van der Waals surface area (Å²) >= 11 is 0. The molecule has 1 atom stereocenters. The highest BCUT2D eigenvalue weighted by molar-refractivity contribution is 5.78. The van der Waals surface area contributed by atoms with Crippen LogP contribution in [-0.2, 0) is 4.79 Å². The van der Waals surface area contributed by atoms with Crippen molar-refractivity contribution in [2.45, 2.75) is 19.0 Å². The number of nitrogens with two attached hydrogens (primary N) is 2. The van der Waals surface area contributed by atoms with Crippen molar-refractivity contribution in [3.05, 3.63) is 0 Å². The molecule has 0 saturated heterocycles. The molecule has 0 aromatic carbocycles. The normalized spacial score (nSPS) is 15.3. The molecule has 0 aliphatic rings. The Hall–Kier alpha value is -1.38. The standard InChI is InChI=1S/C5H14N6O2/c1-2-5(6,4(12)13)10-8-3-9-11-7/h3,10-11H,2,6-7H2,1H3,(H,8,9)(H,12,13). The van der Waals surface area contributed by atoms with Crippen molar-refractivity contribution in [3.63, 3.8) is 0 Å². The minimum atomic E-state index is -1.51. The van der Waals surface area contributed by atoms with Crippen LogP contribution in [0, 0.1) is 0 Å². The van der Waals surface area contributed by atoms with Gasteiger partial charge in [-0.15, -0.1) is 0 Å². The lowest BCUT2D eigenvalue weighted by Gasteiger charge is -2.23. The Bertz CT molecular complexity index is 195. The Balaban J connectivity index is 3.98. The third kappa shape index (κ3) is 3.69. The van der Waals surface area contributed by atoms with Crippen molar-refractivity contribution >= 4 is 12.3 Å². The van der Waals surface area contributed by atoms with Crippen LogP contribution in [0.2, 0.25) is 0 Å². The van der Waals surface area contributed by atoms with E-state index in [2.05, 4.69) is 16.0 Å². The average molecular weight is 190 g/mol. The second-order valence-corrected chi connectivity index (χ2v) is 2.29. The van der Waals surface area contributed by atoms with E-state index in [9.17, 15) is 4.79 Å². The molecule has 0 aromatic heterocycles. The molecule has 0 spiro atoms. The third-order valence-electron chi connectivity index (χ3n) is 1.44. The van der Waals surface area contributed by atoms with Crippen molar-refractivity contribution in [1.29, 1.82) is 0 Å². The highest BCUT2D eigenvalue weighted by Crippen LogP contribution is 1.99. The molecule has 0 amide bonds. The van der Waals surface area contributed by atoms with Gasteiger partial charge in [-0.25, -0.2) is 21.6 Å². The van der Waals surface area contributed by atoms with Crippen LogP contribution in [0.3, 0.4) is 0 Å². The number of hydrogen-bond acceptors (Lipinski definition) is 6. The van der Waals surface area contributed by atoms with E-state index in [4.69, 9.17) is 16.7 Å². The molecule has 0 rings (SSSR count). The quantitative estimate of drug-likeness (QED) is 0.0905. The van der Waals surface area contributed by atoms with Crippen molar-refractivity contribution in [3.8, 4) is 0 Å². The third-order valence-corrected chi connectivity index (χ3v) is 1.44. The van der Waals surface area contributed by atoms with Gasteiger partial charge in [0, 0.05) is 0 Å². The van der Waals surface area contributed by atoms with E-state index in [1.54, 1.807) is 6.92 Å². The summed E-state index contributed by atoms with van der Waals surface area (Å²) in [5.74, 6) is 3.65. The minimum Gasteiger partial charge on any atom is -0.479 e. The van der Waals surface area contributed by atoms with Gasteiger partial charge in [0.05, 0.1) is 0 Å². The van der Waals surface area contributed by atoms with Gasteiger partial charge < -0.3 is 16.3 Å². The topological polar surface area (TPSA) is 138 Å². The molecule has 0 radical (unpaired) electrons. The van der Waals surface area contributed by atoms with Crippen molar-refractivity contribution in [1.82, 2.24) is 16.4 Å². The number of hydrogen-bond donors (Lipinski definition) is 6. The molecule has 0 aliphatic carbocycles. The Morgan fingerprint density at radius 1 is 1.77 bits per heavy atom. The second-order valence-electron chi connectivity index (χ2n) is 2.29. The van der Waals surface area contributed by atoms with Crippen LogP contribution in [0.4, 0.5) is 0 Å². The minimum absolute atomic E-state index is 0.221. The number of carboxylic acids is 1. The molecule has 0 aromatic rings. The highest BCUT2D eigenvalue weighted by atomic mass is 16.4. The zero-order valence-electron chi connectivity index (χ0n) is 7.24. The fourth-order valence-corrected chi connectivity index (χ4v) is 0.524. The van der Waals surface area contributed by atoms with Crippen LogP contribution in [0.25, 0.3) is 0 Å². The van der Waals surface area contributed by atoms with E-state index in [0.717, 1.165) is 6.34 Å². The number of carbonyl (C=O) groups is 1. The van der Waals surface area contributed by atoms with E-state index in [1.807, 2.05) is 5.53 Å². The Kier molecular flexibility index (Phi) is 4.74. The van der Waals surface area contributed by atoms with Gasteiger partial charge in [-0.2, -0.15) is 5.10 Å². The predicted octanol–water partition coefficient (Wildman–Crippen LogP) is -2.36. The largest absolute Gasteiger partial charge is 0.479 e. The fourth-order valence-electron chi connectivity index (χ4n) is 0.524. The van der Waals surface area contributed by atoms with Crippen LogP contribution < -0.4 is 28.0 Å². The lowest BCUT2D eigenvalue weighted by molar-refractivity contribution is -0.145. The zero-order valence-corrected chi connectivity index (χ0v) is 7.24. The van der Waals surface area contributed by atoms with Crippen LogP contribution >= 0.6 is 0 Å². The number of carboxylic acid groups (broad SMARTS) is 1. The number of aliphatic carboxylic acids is 1. The first-order valence-corrected chi connectivity index (χ1v) is 3.59. The first-order chi connectivity index (χ1) is 6.06. The van der Waals surface area contributed by atoms with Crippen LogP contribution in [0.1, 0.15) is 13.3 Å². The summed E-state index contributed by atoms with van der Waals surface area (Å²) in [6, 6.07) is 0. The monoisotopic (exact) mass is 190 g/mol. The smallest absolute Gasteiger partial charge is 0.340 e. The van der Waals surface area contributed by atoms with Gasteiger partial charge in [-0.1, -0.05) is 6.92 Å². The number of nitrogens with one attached hydrogen (secondary N) is 3. The summed E-state index contributed by atoms with van der Waals surface area (Å²) in [6.07, 6.45) is 1.36. The van der Waals surface area contributed by atoms with Gasteiger partial charge >= 0.3 is 5.97 Å². The van der Waals surface area contributed by atoms with E-state index in [0.29, 0.717) is 0 Å². The summed E-state index contributed by atoms with van der Waals surface area (Å²) < 4.78 is 0. The first-order valence-electron chi connectivity index (χ1n) is 3.59. The van der Waals surface area contributed by atoms with Crippen LogP contribution in [-0.4, -0.2) is 23.1 Å². The van der Waals surface area contributed by atoms with Crippen molar-refractivity contribution in [2.75, 3.05) is 0 Å². The maximum atomic E-state index is 10.6. The molecule has 8 N–H and O–H groups in total. The zero-order chi connectivity index (χ0) is 10.3. The van der Waals surface area contributed by atoms with Crippen LogP contribution in [0.5, 0.6) is 0 Å². The maximum absolute atomic E-state index is 10.6. The molecule has 0 fully saturated rings. The number of nitrogens with zero attached hydrogens (tertiary/aromatic N) is 1. The van der Waals surface area contributed by atoms with Crippen molar-refractivity contribution < 1.29 is 9.90 Å². The molecule has 1 unspecified atom stereocenters. The summed E-state index contributed by atoms with van der Waals surface area (Å²) in [5, 5.41) is 12.0. The highest BCUT2D eigenvalue weighted by Gasteiger charge is 2.30. The average Bonchev–Trinajstić information content (AvgIpc) is 2.12. The molecule has 0 aliphatic heterocycles. The van der Waals surface area contributed by atoms with Gasteiger partial charge in [0.25, 0.3) is 0 Å². The molecule has 76 valence electrons. The molecular formula is C5H14N6O2. The molecular weight excluding hydrogens is 176 g/mol. The van der Waals surface area contributed by atoms with Gasteiger partial charge in [0.1, 0.15) is 6.34 Å². The summed E-state index contributed by atoms with van der Waals surface area (Å²) in [5.41, 5.74) is 10.6. The van der Waals surface area contributed by atoms with Gasteiger partial charge in [0.15, 0.2) is 5.66 Å². The first kappa shape index (κ1) is 11.6. The Morgan fingerprint density at radius 2 is 2.38 bits per heavy atom. The molecule has 0 bridgehead atoms. The molecule has 13 heavy (non-hydrogen) atoms. The summed E-state index contributed by atoms with van der Waals surface area (Å²) in [7, 11) is 0. The lowest BCUT2D eigenvalue weighted by atomic mass is 10.1. The van der Waals surface area contributed by atoms with E-state index in [-0.39, 0.29) is 6.42 Å². The maximum Gasteiger partial charge on any atom is 0.340 e. The number of hydrazine groups is 2. The van der Waals surface area contributed by atoms with Gasteiger partial charge in [-0.3, -0.25) is 0 Å². The molecule has 8 heteroatoms. The second kappa shape index (κ2) is 5.30. The molecule has 0 heterocycles. The van der Waals surface area contributed by atoms with E-state index >= 15 is 0 Å². The number of rotatable bonds is 6. The predicted molar refractivity (Wildman–Crippen MR) is 46.9 cm³/mol. The lowest BCUT2D eigenvalue weighted by Crippen LogP contribution is -2.63. The fraction of sp³-hybridized carbons (Fsp3) is 0.600. The molecule has 8 nitrogen and oxygen atoms in total. The number of hydrazone groups is 1. The van der Waals surface area contributed by atoms with Crippen molar-refractivity contribution in [2.24, 2.45) is 16.7 Å². The van der Waals surface area contributed by atoms with Gasteiger partial charge in [0.2, 0.25) is 0 Å². The summed E-state index contributed by atoms with van der Waals surface area (Å²) in [4.78, 5) is 10.6. The van der Waals surface area contributed by atoms with E-state index < -0.39 is 11.6 Å². The van der Waals surface area contributed by atoms with Crippen LogP contribution in [0.15, 0.2) is 5.10 Å². The van der Waals surface area contributed by atoms with E-state index in [1.165, 1.54) is 0 Å². The summed E-state index contributed by atoms with van der Waals surface area (Å²) in [6.45, 7) is 1.64.